The normalized spacial score (nSPS) is 49.5. The van der Waals surface area contributed by atoms with E-state index in [1.54, 1.807) is 0 Å². The lowest BCUT2D eigenvalue weighted by atomic mass is 9.71. The number of rotatable bonds is 2. The van der Waals surface area contributed by atoms with E-state index < -0.39 is 0 Å². The highest BCUT2D eigenvalue weighted by molar-refractivity contribution is 5.84. The van der Waals surface area contributed by atoms with Crippen LogP contribution in [0.3, 0.4) is 0 Å². The first-order chi connectivity index (χ1) is 8.13. The van der Waals surface area contributed by atoms with Crippen LogP contribution in [0.4, 0.5) is 0 Å². The molecule has 0 aromatic rings. The minimum atomic E-state index is 0.358. The Morgan fingerprint density at radius 3 is 2.24 bits per heavy atom. The van der Waals surface area contributed by atoms with Crippen LogP contribution in [0.25, 0.3) is 0 Å². The monoisotopic (exact) mass is 235 g/mol. The van der Waals surface area contributed by atoms with Crippen LogP contribution in [0, 0.1) is 23.7 Å². The van der Waals surface area contributed by atoms with Crippen molar-refractivity contribution in [2.45, 2.75) is 64.5 Å². The number of carbonyl (C=O) groups is 1. The Kier molecular flexibility index (Phi) is 3.02. The summed E-state index contributed by atoms with van der Waals surface area (Å²) in [5.74, 6) is 2.83. The van der Waals surface area contributed by atoms with Gasteiger partial charge in [0.25, 0.3) is 0 Å². The molecule has 3 aliphatic rings. The highest BCUT2D eigenvalue weighted by Gasteiger charge is 2.45. The van der Waals surface area contributed by atoms with Crippen molar-refractivity contribution in [2.24, 2.45) is 23.7 Å². The van der Waals surface area contributed by atoms with E-state index in [1.165, 1.54) is 19.3 Å². The zero-order chi connectivity index (χ0) is 12.0. The van der Waals surface area contributed by atoms with Gasteiger partial charge in [-0.15, -0.1) is 0 Å². The molecule has 96 valence electrons. The first-order valence-corrected chi connectivity index (χ1v) is 7.43. The Bertz CT molecular complexity index is 304. The Labute approximate surface area is 105 Å². The van der Waals surface area contributed by atoms with Crippen LogP contribution in [-0.4, -0.2) is 17.9 Å². The van der Waals surface area contributed by atoms with Crippen molar-refractivity contribution in [1.82, 2.24) is 5.32 Å². The molecule has 2 aliphatic heterocycles. The first kappa shape index (κ1) is 11.7. The molecule has 3 rings (SSSR count). The van der Waals surface area contributed by atoms with Gasteiger partial charge in [0, 0.05) is 23.9 Å². The molecular weight excluding hydrogens is 210 g/mol. The molecule has 2 heterocycles. The van der Waals surface area contributed by atoms with Gasteiger partial charge >= 0.3 is 0 Å². The number of hydrogen-bond acceptors (Lipinski definition) is 2. The van der Waals surface area contributed by atoms with E-state index in [-0.39, 0.29) is 0 Å². The molecule has 5 unspecified atom stereocenters. The van der Waals surface area contributed by atoms with Crippen LogP contribution in [-0.2, 0) is 4.79 Å². The lowest BCUT2D eigenvalue weighted by Crippen LogP contribution is -2.36. The molecular formula is C15H25NO. The van der Waals surface area contributed by atoms with Crippen LogP contribution in [0.2, 0.25) is 0 Å². The van der Waals surface area contributed by atoms with Crippen LogP contribution in [0.15, 0.2) is 0 Å². The molecule has 0 spiro atoms. The molecule has 0 aromatic heterocycles. The molecule has 5 atom stereocenters. The first-order valence-electron chi connectivity index (χ1n) is 7.43. The van der Waals surface area contributed by atoms with E-state index in [2.05, 4.69) is 19.2 Å². The molecule has 2 bridgehead atoms. The lowest BCUT2D eigenvalue weighted by Gasteiger charge is -2.33. The number of nitrogens with one attached hydrogen (secondary N) is 1. The summed E-state index contributed by atoms with van der Waals surface area (Å²) in [7, 11) is 0. The van der Waals surface area contributed by atoms with Crippen LogP contribution >= 0.6 is 0 Å². The topological polar surface area (TPSA) is 29.1 Å². The van der Waals surface area contributed by atoms with Gasteiger partial charge in [-0.05, 0) is 50.4 Å². The maximum atomic E-state index is 12.6. The average Bonchev–Trinajstić information content (AvgIpc) is 2.88. The summed E-state index contributed by atoms with van der Waals surface area (Å²) in [6.07, 6.45) is 7.28. The average molecular weight is 235 g/mol. The molecule has 2 nitrogen and oxygen atoms in total. The summed E-state index contributed by atoms with van der Waals surface area (Å²) in [6.45, 7) is 4.63. The van der Waals surface area contributed by atoms with Crippen molar-refractivity contribution in [3.8, 4) is 0 Å². The fraction of sp³-hybridized carbons (Fsp3) is 0.933. The summed E-state index contributed by atoms with van der Waals surface area (Å²) in [4.78, 5) is 12.6. The molecule has 1 aliphatic carbocycles. The summed E-state index contributed by atoms with van der Waals surface area (Å²) >= 11 is 0. The van der Waals surface area contributed by atoms with Gasteiger partial charge in [0.2, 0.25) is 0 Å². The van der Waals surface area contributed by atoms with E-state index in [1.807, 2.05) is 0 Å². The molecule has 0 amide bonds. The minimum Gasteiger partial charge on any atom is -0.310 e. The van der Waals surface area contributed by atoms with Gasteiger partial charge in [-0.3, -0.25) is 4.79 Å². The summed E-state index contributed by atoms with van der Waals surface area (Å²) in [5, 5.41) is 3.60. The second-order valence-corrected chi connectivity index (χ2v) is 6.91. The standard InChI is InChI=1S/C15H25NO/c1-9-5-10(2)7-11(6-9)15(17)13-8-12-3-4-14(13)16-12/h9-14,16H,3-8H2,1-2H3. The van der Waals surface area contributed by atoms with Gasteiger partial charge in [-0.2, -0.15) is 0 Å². The number of fused-ring (bicyclic) bond motifs is 2. The van der Waals surface area contributed by atoms with E-state index in [4.69, 9.17) is 0 Å². The van der Waals surface area contributed by atoms with Gasteiger partial charge in [0.15, 0.2) is 0 Å². The molecule has 0 aromatic carbocycles. The van der Waals surface area contributed by atoms with Crippen molar-refractivity contribution in [2.75, 3.05) is 0 Å². The molecule has 0 radical (unpaired) electrons. The van der Waals surface area contributed by atoms with Crippen LogP contribution in [0.5, 0.6) is 0 Å². The molecule has 17 heavy (non-hydrogen) atoms. The SMILES string of the molecule is CC1CC(C)CC(C(=O)C2CC3CCC2N3)C1. The van der Waals surface area contributed by atoms with E-state index in [0.717, 1.165) is 31.1 Å². The molecule has 1 N–H and O–H groups in total. The Balaban J connectivity index is 1.65. The third kappa shape index (κ3) is 2.16. The third-order valence-corrected chi connectivity index (χ3v) is 5.25. The van der Waals surface area contributed by atoms with Gasteiger partial charge in [-0.25, -0.2) is 0 Å². The van der Waals surface area contributed by atoms with Crippen molar-refractivity contribution in [3.63, 3.8) is 0 Å². The molecule has 3 fully saturated rings. The molecule has 2 heteroatoms. The van der Waals surface area contributed by atoms with Crippen LogP contribution in [0.1, 0.15) is 52.4 Å². The maximum Gasteiger partial charge on any atom is 0.140 e. The van der Waals surface area contributed by atoms with Gasteiger partial charge in [-0.1, -0.05) is 13.8 Å². The van der Waals surface area contributed by atoms with Gasteiger partial charge < -0.3 is 5.32 Å². The molecule has 1 saturated carbocycles. The van der Waals surface area contributed by atoms with Crippen molar-refractivity contribution in [3.05, 3.63) is 0 Å². The fourth-order valence-electron chi connectivity index (χ4n) is 4.62. The number of ketones is 1. The highest BCUT2D eigenvalue weighted by Crippen LogP contribution is 2.40. The number of Topliss-reactive ketones (excluding diaryl/α,β-unsaturated/α-hetero) is 1. The largest absolute Gasteiger partial charge is 0.310 e. The fourth-order valence-corrected chi connectivity index (χ4v) is 4.62. The minimum absolute atomic E-state index is 0.358. The van der Waals surface area contributed by atoms with Crippen molar-refractivity contribution < 1.29 is 4.79 Å². The van der Waals surface area contributed by atoms with Gasteiger partial charge in [0.1, 0.15) is 5.78 Å². The van der Waals surface area contributed by atoms with E-state index in [0.29, 0.717) is 29.7 Å². The zero-order valence-corrected chi connectivity index (χ0v) is 11.1. The van der Waals surface area contributed by atoms with E-state index >= 15 is 0 Å². The quantitative estimate of drug-likeness (QED) is 0.797. The number of carbonyl (C=O) groups excluding carboxylic acids is 1. The predicted octanol–water partition coefficient (Wildman–Crippen LogP) is 2.77. The summed E-state index contributed by atoms with van der Waals surface area (Å²) in [6, 6.07) is 1.19. The van der Waals surface area contributed by atoms with Gasteiger partial charge in [0.05, 0.1) is 0 Å². The second kappa shape index (κ2) is 4.38. The Morgan fingerprint density at radius 1 is 1.00 bits per heavy atom. The van der Waals surface area contributed by atoms with Crippen molar-refractivity contribution >= 4 is 5.78 Å². The van der Waals surface area contributed by atoms with Crippen molar-refractivity contribution in [1.29, 1.82) is 0 Å². The van der Waals surface area contributed by atoms with E-state index in [9.17, 15) is 4.79 Å². The third-order valence-electron chi connectivity index (χ3n) is 5.25. The Hall–Kier alpha value is -0.370. The highest BCUT2D eigenvalue weighted by atomic mass is 16.1. The Morgan fingerprint density at radius 2 is 1.71 bits per heavy atom. The summed E-state index contributed by atoms with van der Waals surface area (Å²) in [5.41, 5.74) is 0. The maximum absolute atomic E-state index is 12.6. The van der Waals surface area contributed by atoms with Crippen LogP contribution < -0.4 is 5.32 Å². The molecule has 2 saturated heterocycles. The number of hydrogen-bond donors (Lipinski definition) is 1. The zero-order valence-electron chi connectivity index (χ0n) is 11.1. The smallest absolute Gasteiger partial charge is 0.140 e. The summed E-state index contributed by atoms with van der Waals surface area (Å²) < 4.78 is 0. The predicted molar refractivity (Wildman–Crippen MR) is 68.7 cm³/mol. The second-order valence-electron chi connectivity index (χ2n) is 6.91. The lowest BCUT2D eigenvalue weighted by molar-refractivity contribution is -0.129.